The van der Waals surface area contributed by atoms with Gasteiger partial charge in [0, 0.05) is 6.42 Å². The molecule has 2 aromatic carbocycles. The van der Waals surface area contributed by atoms with Crippen molar-refractivity contribution in [2.45, 2.75) is 31.9 Å². The summed E-state index contributed by atoms with van der Waals surface area (Å²) in [6.45, 7) is 4.09. The van der Waals surface area contributed by atoms with Gasteiger partial charge < -0.3 is 4.18 Å². The van der Waals surface area contributed by atoms with E-state index in [9.17, 15) is 9.00 Å². The third-order valence-electron chi connectivity index (χ3n) is 3.50. The van der Waals surface area contributed by atoms with Crippen LogP contribution in [0.15, 0.2) is 60.7 Å². The van der Waals surface area contributed by atoms with Crippen molar-refractivity contribution < 1.29 is 13.2 Å². The second-order valence-electron chi connectivity index (χ2n) is 5.85. The fourth-order valence-electron chi connectivity index (χ4n) is 2.26. The molecule has 0 heterocycles. The van der Waals surface area contributed by atoms with Crippen LogP contribution in [-0.2, 0) is 20.1 Å². The van der Waals surface area contributed by atoms with Crippen molar-refractivity contribution in [2.24, 2.45) is 5.92 Å². The van der Waals surface area contributed by atoms with Gasteiger partial charge in [-0.05, 0) is 23.5 Å². The summed E-state index contributed by atoms with van der Waals surface area (Å²) in [6, 6.07) is 19.0. The molecule has 122 valence electrons. The zero-order valence-corrected chi connectivity index (χ0v) is 14.3. The van der Waals surface area contributed by atoms with Gasteiger partial charge in [0.2, 0.25) is 11.1 Å². The number of hydrogen-bond donors (Lipinski definition) is 0. The molecule has 0 radical (unpaired) electrons. The normalized spacial score (nSPS) is 12.3. The second-order valence-corrected chi connectivity index (χ2v) is 7.01. The molecule has 0 aliphatic rings. The van der Waals surface area contributed by atoms with Crippen LogP contribution >= 0.6 is 0 Å². The molecule has 0 aliphatic carbocycles. The molecule has 23 heavy (non-hydrogen) atoms. The third-order valence-corrected chi connectivity index (χ3v) is 4.78. The van der Waals surface area contributed by atoms with Gasteiger partial charge >= 0.3 is 5.97 Å². The van der Waals surface area contributed by atoms with E-state index in [1.54, 1.807) is 0 Å². The Kier molecular flexibility index (Phi) is 6.53. The van der Waals surface area contributed by atoms with Crippen LogP contribution in [0, 0.1) is 5.92 Å². The first kappa shape index (κ1) is 17.4. The Bertz CT molecular complexity index is 599. The second kappa shape index (κ2) is 8.63. The SMILES string of the molecule is CC(C)CCC(=O)OS(=O)C(c1ccccc1)c1ccccc1. The van der Waals surface area contributed by atoms with Crippen LogP contribution in [0.4, 0.5) is 0 Å². The zero-order valence-electron chi connectivity index (χ0n) is 13.5. The zero-order chi connectivity index (χ0) is 16.7. The number of hydrogen-bond acceptors (Lipinski definition) is 3. The third kappa shape index (κ3) is 5.32. The van der Waals surface area contributed by atoms with Crippen LogP contribution in [0.25, 0.3) is 0 Å². The fourth-order valence-corrected chi connectivity index (χ4v) is 3.38. The highest BCUT2D eigenvalue weighted by Crippen LogP contribution is 2.29. The molecule has 0 fully saturated rings. The van der Waals surface area contributed by atoms with E-state index >= 15 is 0 Å². The molecule has 3 nitrogen and oxygen atoms in total. The van der Waals surface area contributed by atoms with Crippen molar-refractivity contribution in [3.63, 3.8) is 0 Å². The number of benzene rings is 2. The lowest BCUT2D eigenvalue weighted by Gasteiger charge is -2.17. The molecule has 2 rings (SSSR count). The molecule has 2 aromatic rings. The predicted octanol–water partition coefficient (Wildman–Crippen LogP) is 4.42. The lowest BCUT2D eigenvalue weighted by Crippen LogP contribution is -2.15. The van der Waals surface area contributed by atoms with Gasteiger partial charge in [-0.2, -0.15) is 0 Å². The molecule has 1 atom stereocenters. The molecule has 0 aliphatic heterocycles. The van der Waals surface area contributed by atoms with Crippen molar-refractivity contribution in [1.29, 1.82) is 0 Å². The highest BCUT2D eigenvalue weighted by Gasteiger charge is 2.24. The Morgan fingerprint density at radius 1 is 0.957 bits per heavy atom. The Balaban J connectivity index is 2.18. The number of carbonyl (C=O) groups is 1. The molecule has 0 spiro atoms. The lowest BCUT2D eigenvalue weighted by atomic mass is 10.0. The predicted molar refractivity (Wildman–Crippen MR) is 93.0 cm³/mol. The molecule has 0 saturated heterocycles. The van der Waals surface area contributed by atoms with Gasteiger partial charge in [-0.3, -0.25) is 4.79 Å². The first-order valence-electron chi connectivity index (χ1n) is 7.79. The van der Waals surface area contributed by atoms with Gasteiger partial charge in [0.15, 0.2) is 0 Å². The molecule has 0 saturated carbocycles. The Labute approximate surface area is 140 Å². The van der Waals surface area contributed by atoms with Crippen LogP contribution in [0.3, 0.4) is 0 Å². The monoisotopic (exact) mass is 330 g/mol. The summed E-state index contributed by atoms with van der Waals surface area (Å²) in [6.07, 6.45) is 1.02. The Hall–Kier alpha value is -1.94. The molecule has 1 unspecified atom stereocenters. The van der Waals surface area contributed by atoms with E-state index in [2.05, 4.69) is 0 Å². The first-order chi connectivity index (χ1) is 11.1. The van der Waals surface area contributed by atoms with E-state index in [0.29, 0.717) is 12.3 Å². The van der Waals surface area contributed by atoms with Crippen LogP contribution in [0.2, 0.25) is 0 Å². The van der Waals surface area contributed by atoms with Crippen LogP contribution in [0.5, 0.6) is 0 Å². The summed E-state index contributed by atoms with van der Waals surface area (Å²) in [4.78, 5) is 11.9. The average Bonchev–Trinajstić information content (AvgIpc) is 2.55. The van der Waals surface area contributed by atoms with E-state index in [0.717, 1.165) is 17.5 Å². The number of carbonyl (C=O) groups excluding carboxylic acids is 1. The minimum Gasteiger partial charge on any atom is -0.363 e. The molecule has 0 N–H and O–H groups in total. The lowest BCUT2D eigenvalue weighted by molar-refractivity contribution is -0.133. The van der Waals surface area contributed by atoms with Gasteiger partial charge in [0.05, 0.1) is 0 Å². The van der Waals surface area contributed by atoms with Crippen molar-refractivity contribution in [3.05, 3.63) is 71.8 Å². The standard InChI is InChI=1S/C19H22O3S/c1-15(2)13-14-18(20)22-23(21)19(16-9-5-3-6-10-16)17-11-7-4-8-12-17/h3-12,15,19H,13-14H2,1-2H3. The molecule has 0 amide bonds. The molecular formula is C19H22O3S. The molecule has 4 heteroatoms. The van der Waals surface area contributed by atoms with Crippen molar-refractivity contribution in [1.82, 2.24) is 0 Å². The maximum atomic E-state index is 12.7. The molecule has 0 bridgehead atoms. The molecule has 0 aromatic heterocycles. The van der Waals surface area contributed by atoms with Gasteiger partial charge in [0.25, 0.3) is 0 Å². The van der Waals surface area contributed by atoms with E-state index < -0.39 is 22.3 Å². The van der Waals surface area contributed by atoms with Crippen LogP contribution in [-0.4, -0.2) is 10.2 Å². The van der Waals surface area contributed by atoms with E-state index in [1.807, 2.05) is 74.5 Å². The van der Waals surface area contributed by atoms with Crippen molar-refractivity contribution >= 4 is 17.0 Å². The van der Waals surface area contributed by atoms with E-state index in [-0.39, 0.29) is 0 Å². The topological polar surface area (TPSA) is 43.4 Å². The van der Waals surface area contributed by atoms with Crippen LogP contribution < -0.4 is 0 Å². The van der Waals surface area contributed by atoms with E-state index in [4.69, 9.17) is 4.18 Å². The van der Waals surface area contributed by atoms with E-state index in [1.165, 1.54) is 0 Å². The maximum Gasteiger partial charge on any atom is 0.320 e. The largest absolute Gasteiger partial charge is 0.363 e. The first-order valence-corrected chi connectivity index (χ1v) is 8.93. The summed E-state index contributed by atoms with van der Waals surface area (Å²) in [7, 11) is 0. The average molecular weight is 330 g/mol. The summed E-state index contributed by atoms with van der Waals surface area (Å²) >= 11 is -1.75. The van der Waals surface area contributed by atoms with Crippen LogP contribution in [0.1, 0.15) is 43.1 Å². The number of rotatable bonds is 7. The highest BCUT2D eigenvalue weighted by molar-refractivity contribution is 7.81. The van der Waals surface area contributed by atoms with Crippen molar-refractivity contribution in [3.8, 4) is 0 Å². The van der Waals surface area contributed by atoms with Gasteiger partial charge in [0.1, 0.15) is 5.25 Å². The minimum atomic E-state index is -1.75. The molecular weight excluding hydrogens is 308 g/mol. The quantitative estimate of drug-likeness (QED) is 0.755. The summed E-state index contributed by atoms with van der Waals surface area (Å²) < 4.78 is 17.9. The van der Waals surface area contributed by atoms with Gasteiger partial charge in [-0.25, -0.2) is 4.21 Å². The maximum absolute atomic E-state index is 12.7. The fraction of sp³-hybridized carbons (Fsp3) is 0.316. The highest BCUT2D eigenvalue weighted by atomic mass is 32.2. The minimum absolute atomic E-state index is 0.291. The smallest absolute Gasteiger partial charge is 0.320 e. The Morgan fingerprint density at radius 3 is 1.87 bits per heavy atom. The van der Waals surface area contributed by atoms with Gasteiger partial charge in [-0.15, -0.1) is 0 Å². The van der Waals surface area contributed by atoms with Gasteiger partial charge in [-0.1, -0.05) is 74.5 Å². The van der Waals surface area contributed by atoms with Crippen molar-refractivity contribution in [2.75, 3.05) is 0 Å². The summed E-state index contributed by atoms with van der Waals surface area (Å²) in [5, 5.41) is -0.472. The Morgan fingerprint density at radius 2 is 1.43 bits per heavy atom. The summed E-state index contributed by atoms with van der Waals surface area (Å²) in [5.41, 5.74) is 1.74. The summed E-state index contributed by atoms with van der Waals surface area (Å²) in [5.74, 6) is 0.00363.